The highest BCUT2D eigenvalue weighted by Gasteiger charge is 2.35. The van der Waals surface area contributed by atoms with Crippen LogP contribution >= 0.6 is 11.8 Å². The molecule has 84 valence electrons. The van der Waals surface area contributed by atoms with Crippen LogP contribution in [-0.4, -0.2) is 37.8 Å². The molecule has 0 aromatic carbocycles. The molecule has 0 bridgehead atoms. The first-order chi connectivity index (χ1) is 6.83. The van der Waals surface area contributed by atoms with E-state index in [4.69, 9.17) is 4.74 Å². The molecule has 2 nitrogen and oxygen atoms in total. The molecule has 0 aliphatic heterocycles. The topological polar surface area (TPSA) is 21.3 Å². The smallest absolute Gasteiger partial charge is 0.0462 e. The van der Waals surface area contributed by atoms with Crippen molar-refractivity contribution in [2.75, 3.05) is 33.1 Å². The molecule has 0 unspecified atom stereocenters. The lowest BCUT2D eigenvalue weighted by molar-refractivity contribution is 0.192. The van der Waals surface area contributed by atoms with Gasteiger partial charge in [-0.05, 0) is 38.5 Å². The van der Waals surface area contributed by atoms with Crippen LogP contribution in [0.4, 0.5) is 0 Å². The summed E-state index contributed by atoms with van der Waals surface area (Å²) in [6, 6.07) is 0. The van der Waals surface area contributed by atoms with E-state index in [0.717, 1.165) is 13.2 Å². The van der Waals surface area contributed by atoms with Crippen LogP contribution in [0.25, 0.3) is 0 Å². The number of hydrogen-bond acceptors (Lipinski definition) is 3. The fraction of sp³-hybridized carbons (Fsp3) is 1.00. The third kappa shape index (κ3) is 3.79. The summed E-state index contributed by atoms with van der Waals surface area (Å²) in [5.41, 5.74) is 0. The average Bonchev–Trinajstić information content (AvgIpc) is 2.15. The number of unbranched alkanes of at least 4 members (excludes halogenated alkanes) is 1. The average molecular weight is 217 g/mol. The number of rotatable bonds is 8. The summed E-state index contributed by atoms with van der Waals surface area (Å²) in [7, 11) is 1.77. The Labute approximate surface area is 92.2 Å². The zero-order valence-corrected chi connectivity index (χ0v) is 10.3. The number of ether oxygens (including phenoxy) is 1. The lowest BCUT2D eigenvalue weighted by Gasteiger charge is -2.40. The van der Waals surface area contributed by atoms with Gasteiger partial charge in [0.1, 0.15) is 0 Å². The van der Waals surface area contributed by atoms with Crippen molar-refractivity contribution < 1.29 is 4.74 Å². The molecule has 0 amide bonds. The second-order valence-electron chi connectivity index (χ2n) is 4.12. The van der Waals surface area contributed by atoms with Gasteiger partial charge in [-0.3, -0.25) is 0 Å². The van der Waals surface area contributed by atoms with Crippen molar-refractivity contribution in [3.63, 3.8) is 0 Å². The van der Waals surface area contributed by atoms with Gasteiger partial charge in [-0.15, -0.1) is 0 Å². The van der Waals surface area contributed by atoms with Crippen LogP contribution < -0.4 is 5.32 Å². The van der Waals surface area contributed by atoms with Gasteiger partial charge in [-0.1, -0.05) is 6.42 Å². The Balaban J connectivity index is 1.92. The van der Waals surface area contributed by atoms with Crippen molar-refractivity contribution in [3.8, 4) is 0 Å². The molecular formula is C11H23NOS. The predicted molar refractivity (Wildman–Crippen MR) is 64.1 cm³/mol. The van der Waals surface area contributed by atoms with E-state index in [1.807, 2.05) is 11.8 Å². The van der Waals surface area contributed by atoms with Gasteiger partial charge in [-0.25, -0.2) is 0 Å². The van der Waals surface area contributed by atoms with Crippen molar-refractivity contribution in [2.24, 2.45) is 0 Å². The van der Waals surface area contributed by atoms with Gasteiger partial charge >= 0.3 is 0 Å². The van der Waals surface area contributed by atoms with E-state index in [1.54, 1.807) is 7.11 Å². The third-order valence-electron chi connectivity index (χ3n) is 3.10. The summed E-state index contributed by atoms with van der Waals surface area (Å²) in [6.45, 7) is 3.24. The van der Waals surface area contributed by atoms with E-state index < -0.39 is 0 Å². The second kappa shape index (κ2) is 6.70. The van der Waals surface area contributed by atoms with Gasteiger partial charge < -0.3 is 10.1 Å². The summed E-state index contributed by atoms with van der Waals surface area (Å²) >= 11 is 2.04. The molecule has 1 saturated carbocycles. The van der Waals surface area contributed by atoms with Crippen LogP contribution in [0.5, 0.6) is 0 Å². The molecule has 0 radical (unpaired) electrons. The maximum Gasteiger partial charge on any atom is 0.0462 e. The summed E-state index contributed by atoms with van der Waals surface area (Å²) in [5, 5.41) is 3.56. The number of hydrogen-bond donors (Lipinski definition) is 1. The molecule has 1 rings (SSSR count). The number of thioether (sulfide) groups is 1. The molecule has 0 atom stereocenters. The van der Waals surface area contributed by atoms with Crippen LogP contribution in [0.15, 0.2) is 0 Å². The molecule has 1 N–H and O–H groups in total. The summed E-state index contributed by atoms with van der Waals surface area (Å²) < 4.78 is 5.60. The van der Waals surface area contributed by atoms with Gasteiger partial charge in [-0.2, -0.15) is 11.8 Å². The summed E-state index contributed by atoms with van der Waals surface area (Å²) in [5.74, 6) is 0. The van der Waals surface area contributed by atoms with Crippen molar-refractivity contribution in [1.82, 2.24) is 5.32 Å². The molecule has 0 heterocycles. The number of nitrogens with one attached hydrogen (secondary N) is 1. The SMILES string of the molecule is COCCCCNCC1(SC)CCC1. The molecular weight excluding hydrogens is 194 g/mol. The van der Waals surface area contributed by atoms with Gasteiger partial charge in [0.25, 0.3) is 0 Å². The van der Waals surface area contributed by atoms with E-state index in [9.17, 15) is 0 Å². The Hall–Kier alpha value is 0.270. The van der Waals surface area contributed by atoms with E-state index in [2.05, 4.69) is 11.6 Å². The first kappa shape index (κ1) is 12.3. The van der Waals surface area contributed by atoms with Gasteiger partial charge in [0.15, 0.2) is 0 Å². The molecule has 0 aromatic rings. The summed E-state index contributed by atoms with van der Waals surface area (Å²) in [6.07, 6.45) is 8.88. The van der Waals surface area contributed by atoms with E-state index in [-0.39, 0.29) is 0 Å². The minimum absolute atomic E-state index is 0.585. The standard InChI is InChI=1S/C11H23NOS/c1-13-9-4-3-8-12-10-11(14-2)6-5-7-11/h12H,3-10H2,1-2H3. The highest BCUT2D eigenvalue weighted by molar-refractivity contribution is 8.00. The normalized spacial score (nSPS) is 19.3. The lowest BCUT2D eigenvalue weighted by atomic mass is 9.84. The van der Waals surface area contributed by atoms with Crippen molar-refractivity contribution >= 4 is 11.8 Å². The molecule has 1 fully saturated rings. The molecule has 1 aliphatic carbocycles. The minimum atomic E-state index is 0.585. The van der Waals surface area contributed by atoms with Gasteiger partial charge in [0, 0.05) is 25.0 Å². The number of methoxy groups -OCH3 is 1. The van der Waals surface area contributed by atoms with Crippen LogP contribution in [0.3, 0.4) is 0 Å². The van der Waals surface area contributed by atoms with Gasteiger partial charge in [0.2, 0.25) is 0 Å². The highest BCUT2D eigenvalue weighted by atomic mass is 32.2. The highest BCUT2D eigenvalue weighted by Crippen LogP contribution is 2.42. The van der Waals surface area contributed by atoms with Crippen LogP contribution in [0.2, 0.25) is 0 Å². The van der Waals surface area contributed by atoms with Crippen molar-refractivity contribution in [1.29, 1.82) is 0 Å². The van der Waals surface area contributed by atoms with E-state index >= 15 is 0 Å². The first-order valence-electron chi connectivity index (χ1n) is 5.58. The fourth-order valence-corrected chi connectivity index (χ4v) is 2.78. The molecule has 0 saturated heterocycles. The van der Waals surface area contributed by atoms with Crippen LogP contribution in [-0.2, 0) is 4.74 Å². The Kier molecular flexibility index (Phi) is 5.90. The van der Waals surface area contributed by atoms with Crippen molar-refractivity contribution in [2.45, 2.75) is 36.9 Å². The lowest BCUT2D eigenvalue weighted by Crippen LogP contribution is -2.43. The second-order valence-corrected chi connectivity index (χ2v) is 5.39. The molecule has 0 spiro atoms. The Morgan fingerprint density at radius 2 is 2.14 bits per heavy atom. The maximum atomic E-state index is 5.01. The minimum Gasteiger partial charge on any atom is -0.385 e. The Morgan fingerprint density at radius 1 is 1.36 bits per heavy atom. The zero-order valence-electron chi connectivity index (χ0n) is 9.47. The monoisotopic (exact) mass is 217 g/mol. The van der Waals surface area contributed by atoms with Crippen LogP contribution in [0.1, 0.15) is 32.1 Å². The summed E-state index contributed by atoms with van der Waals surface area (Å²) in [4.78, 5) is 0. The fourth-order valence-electron chi connectivity index (χ4n) is 1.84. The maximum absolute atomic E-state index is 5.01. The quantitative estimate of drug-likeness (QED) is 0.630. The predicted octanol–water partition coefficient (Wildman–Crippen LogP) is 2.29. The van der Waals surface area contributed by atoms with Gasteiger partial charge in [0.05, 0.1) is 0 Å². The Bertz CT molecular complexity index is 143. The molecule has 14 heavy (non-hydrogen) atoms. The van der Waals surface area contributed by atoms with Crippen molar-refractivity contribution in [3.05, 3.63) is 0 Å². The van der Waals surface area contributed by atoms with E-state index in [0.29, 0.717) is 4.75 Å². The van der Waals surface area contributed by atoms with E-state index in [1.165, 1.54) is 38.6 Å². The zero-order chi connectivity index (χ0) is 10.3. The molecule has 1 aliphatic rings. The first-order valence-corrected chi connectivity index (χ1v) is 6.80. The van der Waals surface area contributed by atoms with Crippen LogP contribution in [0, 0.1) is 0 Å². The Morgan fingerprint density at radius 3 is 2.64 bits per heavy atom. The third-order valence-corrected chi connectivity index (χ3v) is 4.52. The molecule has 0 aromatic heterocycles. The largest absolute Gasteiger partial charge is 0.385 e. The molecule has 3 heteroatoms.